The van der Waals surface area contributed by atoms with Gasteiger partial charge in [0.1, 0.15) is 23.3 Å². The fourth-order valence-corrected chi connectivity index (χ4v) is 5.23. The maximum atomic E-state index is 13.4. The molecule has 7 heteroatoms. The molecule has 5 rings (SSSR count). The quantitative estimate of drug-likeness (QED) is 0.228. The van der Waals surface area contributed by atoms with Crippen LogP contribution in [-0.2, 0) is 9.59 Å². The van der Waals surface area contributed by atoms with Gasteiger partial charge in [-0.15, -0.1) is 0 Å². The Morgan fingerprint density at radius 1 is 1.05 bits per heavy atom. The Balaban J connectivity index is 1.51. The minimum Gasteiger partial charge on any atom is -0.507 e. The first-order valence-corrected chi connectivity index (χ1v) is 13.3. The summed E-state index contributed by atoms with van der Waals surface area (Å²) in [7, 11) is 0. The van der Waals surface area contributed by atoms with Crippen molar-refractivity contribution in [1.82, 2.24) is 0 Å². The van der Waals surface area contributed by atoms with Crippen molar-refractivity contribution in [2.45, 2.75) is 46.1 Å². The summed E-state index contributed by atoms with van der Waals surface area (Å²) in [4.78, 5) is 30.5. The first-order chi connectivity index (χ1) is 18.4. The smallest absolute Gasteiger partial charge is 0.300 e. The van der Waals surface area contributed by atoms with E-state index >= 15 is 0 Å². The molecule has 0 spiro atoms. The van der Waals surface area contributed by atoms with Crippen molar-refractivity contribution in [2.75, 3.05) is 29.5 Å². The Morgan fingerprint density at radius 2 is 1.76 bits per heavy atom. The third-order valence-corrected chi connectivity index (χ3v) is 7.44. The van der Waals surface area contributed by atoms with Crippen LogP contribution in [0.25, 0.3) is 5.76 Å². The monoisotopic (exact) mass is 514 g/mol. The molecule has 1 aromatic heterocycles. The van der Waals surface area contributed by atoms with Crippen molar-refractivity contribution < 1.29 is 23.8 Å². The standard InChI is InChI=1S/C31H34N2O5/c1-4-17-37-25-12-7-22(19-21(25)3)29(34)27-28(26-6-5-18-38-26)33(31(36)30(27)35)24-10-8-23(9-11-24)32-15-13-20(2)14-16-32/h5-12,18-20,28,34H,4,13-17H2,1-3H3/b29-27-. The van der Waals surface area contributed by atoms with Gasteiger partial charge in [0.15, 0.2) is 0 Å². The predicted molar refractivity (Wildman–Crippen MR) is 148 cm³/mol. The minimum absolute atomic E-state index is 0.000621. The van der Waals surface area contributed by atoms with Crippen LogP contribution in [0.5, 0.6) is 5.75 Å². The lowest BCUT2D eigenvalue weighted by Crippen LogP contribution is -2.33. The average molecular weight is 515 g/mol. The van der Waals surface area contributed by atoms with Crippen LogP contribution in [0, 0.1) is 12.8 Å². The van der Waals surface area contributed by atoms with Gasteiger partial charge in [-0.25, -0.2) is 0 Å². The summed E-state index contributed by atoms with van der Waals surface area (Å²) in [5.41, 5.74) is 2.93. The number of nitrogens with zero attached hydrogens (tertiary/aromatic N) is 2. The number of anilines is 2. The van der Waals surface area contributed by atoms with E-state index in [0.717, 1.165) is 55.3 Å². The van der Waals surface area contributed by atoms with Crippen molar-refractivity contribution in [3.8, 4) is 5.75 Å². The normalized spacial score (nSPS) is 19.8. The van der Waals surface area contributed by atoms with E-state index in [0.29, 0.717) is 23.6 Å². The van der Waals surface area contributed by atoms with Crippen LogP contribution < -0.4 is 14.5 Å². The molecule has 2 fully saturated rings. The number of Topliss-reactive ketones (excluding diaryl/α,β-unsaturated/α-hetero) is 1. The number of benzene rings is 2. The molecule has 2 saturated heterocycles. The highest BCUT2D eigenvalue weighted by molar-refractivity contribution is 6.51. The number of carbonyl (C=O) groups excluding carboxylic acids is 2. The van der Waals surface area contributed by atoms with E-state index in [4.69, 9.17) is 9.15 Å². The third kappa shape index (κ3) is 4.80. The van der Waals surface area contributed by atoms with Crippen LogP contribution in [0.1, 0.15) is 56.0 Å². The predicted octanol–water partition coefficient (Wildman–Crippen LogP) is 6.24. The zero-order valence-corrected chi connectivity index (χ0v) is 22.1. The zero-order chi connectivity index (χ0) is 26.8. The van der Waals surface area contributed by atoms with E-state index in [1.807, 2.05) is 38.1 Å². The molecule has 2 aliphatic heterocycles. The van der Waals surface area contributed by atoms with E-state index in [9.17, 15) is 14.7 Å². The Morgan fingerprint density at radius 3 is 2.39 bits per heavy atom. The second-order valence-electron chi connectivity index (χ2n) is 10.2. The number of aliphatic hydroxyl groups is 1. The van der Waals surface area contributed by atoms with Crippen LogP contribution in [0.4, 0.5) is 11.4 Å². The number of aryl methyl sites for hydroxylation is 1. The van der Waals surface area contributed by atoms with Gasteiger partial charge in [-0.1, -0.05) is 13.8 Å². The first kappa shape index (κ1) is 25.6. The van der Waals surface area contributed by atoms with Crippen LogP contribution in [0.15, 0.2) is 70.9 Å². The molecule has 198 valence electrons. The van der Waals surface area contributed by atoms with Gasteiger partial charge in [-0.3, -0.25) is 14.5 Å². The lowest BCUT2D eigenvalue weighted by Gasteiger charge is -2.32. The zero-order valence-electron chi connectivity index (χ0n) is 22.1. The van der Waals surface area contributed by atoms with E-state index in [-0.39, 0.29) is 11.3 Å². The van der Waals surface area contributed by atoms with E-state index in [1.54, 1.807) is 30.3 Å². The molecule has 7 nitrogen and oxygen atoms in total. The summed E-state index contributed by atoms with van der Waals surface area (Å²) < 4.78 is 11.4. The lowest BCUT2D eigenvalue weighted by atomic mass is 9.98. The van der Waals surface area contributed by atoms with Gasteiger partial charge in [-0.2, -0.15) is 0 Å². The summed E-state index contributed by atoms with van der Waals surface area (Å²) >= 11 is 0. The number of rotatable bonds is 7. The van der Waals surface area contributed by atoms with Gasteiger partial charge >= 0.3 is 0 Å². The van der Waals surface area contributed by atoms with E-state index < -0.39 is 17.7 Å². The molecule has 2 aromatic carbocycles. The third-order valence-electron chi connectivity index (χ3n) is 7.44. The van der Waals surface area contributed by atoms with Crippen LogP contribution in [0.3, 0.4) is 0 Å². The highest BCUT2D eigenvalue weighted by Gasteiger charge is 2.48. The van der Waals surface area contributed by atoms with Crippen molar-refractivity contribution in [1.29, 1.82) is 0 Å². The molecule has 0 radical (unpaired) electrons. The maximum Gasteiger partial charge on any atom is 0.300 e. The Bertz CT molecular complexity index is 1340. The number of amides is 1. The van der Waals surface area contributed by atoms with E-state index in [1.165, 1.54) is 11.2 Å². The van der Waals surface area contributed by atoms with E-state index in [2.05, 4.69) is 11.8 Å². The van der Waals surface area contributed by atoms with Crippen LogP contribution >= 0.6 is 0 Å². The average Bonchev–Trinajstić information content (AvgIpc) is 3.55. The molecule has 1 atom stereocenters. The number of hydrogen-bond donors (Lipinski definition) is 1. The summed E-state index contributed by atoms with van der Waals surface area (Å²) in [6.07, 6.45) is 4.69. The molecule has 3 heterocycles. The largest absolute Gasteiger partial charge is 0.507 e. The molecule has 0 aliphatic carbocycles. The number of hydrogen-bond acceptors (Lipinski definition) is 6. The molecule has 0 bridgehead atoms. The minimum atomic E-state index is -0.886. The number of ether oxygens (including phenoxy) is 1. The van der Waals surface area contributed by atoms with Crippen molar-refractivity contribution in [3.63, 3.8) is 0 Å². The second-order valence-corrected chi connectivity index (χ2v) is 10.2. The summed E-state index contributed by atoms with van der Waals surface area (Å²) in [6, 6.07) is 15.5. The second kappa shape index (κ2) is 10.8. The first-order valence-electron chi connectivity index (χ1n) is 13.3. The summed E-state index contributed by atoms with van der Waals surface area (Å²) in [5, 5.41) is 11.4. The lowest BCUT2D eigenvalue weighted by molar-refractivity contribution is -0.132. The molecule has 2 aliphatic rings. The van der Waals surface area contributed by atoms with Gasteiger partial charge < -0.3 is 19.2 Å². The highest BCUT2D eigenvalue weighted by atomic mass is 16.5. The Labute approximate surface area is 223 Å². The topological polar surface area (TPSA) is 83.2 Å². The number of furan rings is 1. The summed E-state index contributed by atoms with van der Waals surface area (Å²) in [6.45, 7) is 8.78. The molecular formula is C31H34N2O5. The molecule has 38 heavy (non-hydrogen) atoms. The van der Waals surface area contributed by atoms with Gasteiger partial charge in [0, 0.05) is 30.0 Å². The van der Waals surface area contributed by atoms with Gasteiger partial charge in [0.2, 0.25) is 0 Å². The van der Waals surface area contributed by atoms with Gasteiger partial charge in [-0.05, 0) is 92.3 Å². The number of carbonyl (C=O) groups is 2. The molecule has 1 N–H and O–H groups in total. The Hall–Kier alpha value is -4.00. The maximum absolute atomic E-state index is 13.4. The number of aliphatic hydroxyl groups excluding tert-OH is 1. The molecule has 1 amide bonds. The molecular weight excluding hydrogens is 480 g/mol. The fraction of sp³-hybridized carbons (Fsp3) is 0.355. The van der Waals surface area contributed by atoms with Crippen molar-refractivity contribution in [2.24, 2.45) is 5.92 Å². The van der Waals surface area contributed by atoms with Gasteiger partial charge in [0.25, 0.3) is 11.7 Å². The number of ketones is 1. The summed E-state index contributed by atoms with van der Waals surface area (Å²) in [5.74, 6) is 0.161. The highest BCUT2D eigenvalue weighted by Crippen LogP contribution is 2.43. The van der Waals surface area contributed by atoms with Crippen LogP contribution in [0.2, 0.25) is 0 Å². The number of piperidine rings is 1. The molecule has 0 saturated carbocycles. The SMILES string of the molecule is CCCOc1ccc(/C(O)=C2/C(=O)C(=O)N(c3ccc(N4CCC(C)CC4)cc3)C2c2ccco2)cc1C. The van der Waals surface area contributed by atoms with Gasteiger partial charge in [0.05, 0.1) is 18.4 Å². The van der Waals surface area contributed by atoms with Crippen LogP contribution in [-0.4, -0.2) is 36.5 Å². The van der Waals surface area contributed by atoms with Crippen molar-refractivity contribution >= 4 is 28.8 Å². The fourth-order valence-electron chi connectivity index (χ4n) is 5.23. The van der Waals surface area contributed by atoms with Crippen molar-refractivity contribution in [3.05, 3.63) is 83.3 Å². The Kier molecular flexibility index (Phi) is 7.27. The molecule has 3 aromatic rings. The molecule has 1 unspecified atom stereocenters.